The zero-order valence-electron chi connectivity index (χ0n) is 19.7. The first kappa shape index (κ1) is 24.6. The van der Waals surface area contributed by atoms with Gasteiger partial charge in [0.15, 0.2) is 6.61 Å². The van der Waals surface area contributed by atoms with Crippen molar-refractivity contribution in [2.24, 2.45) is 0 Å². The molecule has 1 aliphatic heterocycles. The van der Waals surface area contributed by atoms with Crippen LogP contribution in [0.25, 0.3) is 10.8 Å². The van der Waals surface area contributed by atoms with Gasteiger partial charge in [-0.3, -0.25) is 28.9 Å². The third-order valence-corrected chi connectivity index (χ3v) is 5.73. The van der Waals surface area contributed by atoms with E-state index in [4.69, 9.17) is 4.74 Å². The van der Waals surface area contributed by atoms with Gasteiger partial charge in [0.05, 0.1) is 0 Å². The van der Waals surface area contributed by atoms with Gasteiger partial charge in [-0.05, 0) is 49.1 Å². The van der Waals surface area contributed by atoms with Gasteiger partial charge in [0, 0.05) is 47.3 Å². The number of carbonyl (C=O) groups is 5. The molecule has 36 heavy (non-hydrogen) atoms. The first-order chi connectivity index (χ1) is 17.4. The van der Waals surface area contributed by atoms with Gasteiger partial charge >= 0.3 is 5.97 Å². The summed E-state index contributed by atoms with van der Waals surface area (Å²) in [5.74, 6) is -2.23. The molecule has 4 amide bonds. The quantitative estimate of drug-likeness (QED) is 0.353. The number of amides is 4. The highest BCUT2D eigenvalue weighted by Gasteiger charge is 2.32. The standard InChI is InChI=1S/C27H25N3O6/c1-2-28-25(33)18-9-3-10-19(15-18)29-22(31)16-36-23(32)13-6-14-30-26(34)20-11-4-7-17-8-5-12-21(24(17)20)27(30)35/h3-5,7-12,15H,2,6,13-14,16H2,1H3,(H,28,33)(H,29,31). The van der Waals surface area contributed by atoms with Crippen LogP contribution in [-0.2, 0) is 14.3 Å². The van der Waals surface area contributed by atoms with Crippen molar-refractivity contribution >= 4 is 46.1 Å². The van der Waals surface area contributed by atoms with Crippen LogP contribution in [0.1, 0.15) is 50.8 Å². The Kier molecular flexibility index (Phi) is 7.39. The van der Waals surface area contributed by atoms with E-state index in [1.807, 2.05) is 12.1 Å². The largest absolute Gasteiger partial charge is 0.456 e. The van der Waals surface area contributed by atoms with Gasteiger partial charge in [0.1, 0.15) is 0 Å². The molecule has 4 rings (SSSR count). The van der Waals surface area contributed by atoms with Gasteiger partial charge in [0.2, 0.25) is 0 Å². The van der Waals surface area contributed by atoms with E-state index < -0.39 is 30.3 Å². The molecule has 9 nitrogen and oxygen atoms in total. The minimum Gasteiger partial charge on any atom is -0.456 e. The first-order valence-corrected chi connectivity index (χ1v) is 11.6. The van der Waals surface area contributed by atoms with E-state index in [1.165, 1.54) is 6.07 Å². The number of nitrogens with one attached hydrogen (secondary N) is 2. The molecule has 0 spiro atoms. The fourth-order valence-electron chi connectivity index (χ4n) is 4.08. The third-order valence-electron chi connectivity index (χ3n) is 5.73. The van der Waals surface area contributed by atoms with E-state index in [-0.39, 0.29) is 25.3 Å². The molecule has 9 heteroatoms. The Hall–Kier alpha value is -4.53. The van der Waals surface area contributed by atoms with Gasteiger partial charge in [-0.2, -0.15) is 0 Å². The summed E-state index contributed by atoms with van der Waals surface area (Å²) < 4.78 is 5.02. The number of imide groups is 1. The van der Waals surface area contributed by atoms with Crippen LogP contribution < -0.4 is 10.6 Å². The zero-order chi connectivity index (χ0) is 25.7. The van der Waals surface area contributed by atoms with Crippen molar-refractivity contribution in [3.05, 3.63) is 77.4 Å². The molecule has 0 bridgehead atoms. The lowest BCUT2D eigenvalue weighted by molar-refractivity contribution is -0.147. The van der Waals surface area contributed by atoms with E-state index in [0.717, 1.165) is 10.3 Å². The maximum absolute atomic E-state index is 12.9. The maximum atomic E-state index is 12.9. The van der Waals surface area contributed by atoms with Gasteiger partial charge in [0.25, 0.3) is 23.6 Å². The summed E-state index contributed by atoms with van der Waals surface area (Å²) in [6, 6.07) is 17.0. The van der Waals surface area contributed by atoms with Crippen LogP contribution in [-0.4, -0.2) is 54.2 Å². The first-order valence-electron chi connectivity index (χ1n) is 11.6. The zero-order valence-corrected chi connectivity index (χ0v) is 19.7. The highest BCUT2D eigenvalue weighted by Crippen LogP contribution is 2.30. The predicted octanol–water partition coefficient (Wildman–Crippen LogP) is 3.15. The number of hydrogen-bond donors (Lipinski definition) is 2. The van der Waals surface area contributed by atoms with E-state index >= 15 is 0 Å². The molecule has 184 valence electrons. The number of hydrogen-bond acceptors (Lipinski definition) is 6. The molecule has 0 radical (unpaired) electrons. The molecule has 1 aliphatic rings. The number of rotatable bonds is 9. The minimum atomic E-state index is -0.624. The average molecular weight is 488 g/mol. The van der Waals surface area contributed by atoms with E-state index in [9.17, 15) is 24.0 Å². The lowest BCUT2D eigenvalue weighted by atomic mass is 9.94. The molecular weight excluding hydrogens is 462 g/mol. The summed E-state index contributed by atoms with van der Waals surface area (Å²) in [5, 5.41) is 6.72. The molecule has 0 fully saturated rings. The second kappa shape index (κ2) is 10.8. The molecule has 0 unspecified atom stereocenters. The molecule has 0 aromatic heterocycles. The van der Waals surface area contributed by atoms with Crippen LogP contribution in [0.2, 0.25) is 0 Å². The SMILES string of the molecule is CCNC(=O)c1cccc(NC(=O)COC(=O)CCCN2C(=O)c3cccc4cccc(c34)C2=O)c1. The Morgan fingerprint density at radius 2 is 1.58 bits per heavy atom. The Labute approximate surface area is 207 Å². The van der Waals surface area contributed by atoms with Crippen molar-refractivity contribution in [2.45, 2.75) is 19.8 Å². The number of esters is 1. The molecule has 0 aliphatic carbocycles. The van der Waals surface area contributed by atoms with Crippen LogP contribution in [0, 0.1) is 0 Å². The van der Waals surface area contributed by atoms with Crippen molar-refractivity contribution in [3.63, 3.8) is 0 Å². The Bertz CT molecular complexity index is 1320. The molecule has 3 aromatic rings. The van der Waals surface area contributed by atoms with Gasteiger partial charge < -0.3 is 15.4 Å². The molecule has 3 aromatic carbocycles. The predicted molar refractivity (Wildman–Crippen MR) is 133 cm³/mol. The molecule has 1 heterocycles. The van der Waals surface area contributed by atoms with Crippen molar-refractivity contribution < 1.29 is 28.7 Å². The second-order valence-electron chi connectivity index (χ2n) is 8.22. The highest BCUT2D eigenvalue weighted by atomic mass is 16.5. The molecule has 2 N–H and O–H groups in total. The summed E-state index contributed by atoms with van der Waals surface area (Å²) in [6.07, 6.45) is 0.132. The fraction of sp³-hybridized carbons (Fsp3) is 0.222. The Morgan fingerprint density at radius 1 is 0.917 bits per heavy atom. The van der Waals surface area contributed by atoms with E-state index in [0.29, 0.717) is 34.3 Å². The monoisotopic (exact) mass is 487 g/mol. The molecule has 0 saturated heterocycles. The number of anilines is 1. The minimum absolute atomic E-state index is 0.0519. The average Bonchev–Trinajstić information content (AvgIpc) is 2.88. The summed E-state index contributed by atoms with van der Waals surface area (Å²) >= 11 is 0. The smallest absolute Gasteiger partial charge is 0.306 e. The van der Waals surface area contributed by atoms with Crippen molar-refractivity contribution in [2.75, 3.05) is 25.0 Å². The Morgan fingerprint density at radius 3 is 2.25 bits per heavy atom. The molecule has 0 saturated carbocycles. The van der Waals surface area contributed by atoms with Crippen LogP contribution in [0.4, 0.5) is 5.69 Å². The van der Waals surface area contributed by atoms with Gasteiger partial charge in [-0.15, -0.1) is 0 Å². The number of carbonyl (C=O) groups excluding carboxylic acids is 5. The van der Waals surface area contributed by atoms with Crippen LogP contribution >= 0.6 is 0 Å². The summed E-state index contributed by atoms with van der Waals surface area (Å²) in [4.78, 5) is 63.1. The third kappa shape index (κ3) is 5.25. The number of ether oxygens (including phenoxy) is 1. The fourth-order valence-corrected chi connectivity index (χ4v) is 4.08. The molecular formula is C27H25N3O6. The van der Waals surface area contributed by atoms with Crippen LogP contribution in [0.3, 0.4) is 0 Å². The van der Waals surface area contributed by atoms with Crippen molar-refractivity contribution in [3.8, 4) is 0 Å². The van der Waals surface area contributed by atoms with Crippen LogP contribution in [0.15, 0.2) is 60.7 Å². The lowest BCUT2D eigenvalue weighted by Gasteiger charge is -2.27. The van der Waals surface area contributed by atoms with Crippen LogP contribution in [0.5, 0.6) is 0 Å². The van der Waals surface area contributed by atoms with Crippen molar-refractivity contribution in [1.29, 1.82) is 0 Å². The van der Waals surface area contributed by atoms with Gasteiger partial charge in [-0.25, -0.2) is 0 Å². The topological polar surface area (TPSA) is 122 Å². The summed E-state index contributed by atoms with van der Waals surface area (Å²) in [5.41, 5.74) is 1.71. The van der Waals surface area contributed by atoms with Crippen molar-refractivity contribution in [1.82, 2.24) is 10.2 Å². The lowest BCUT2D eigenvalue weighted by Crippen LogP contribution is -2.41. The Balaban J connectivity index is 1.26. The summed E-state index contributed by atoms with van der Waals surface area (Å²) in [6.45, 7) is 1.84. The highest BCUT2D eigenvalue weighted by molar-refractivity contribution is 6.25. The normalized spacial score (nSPS) is 12.4. The number of benzene rings is 3. The van der Waals surface area contributed by atoms with E-state index in [1.54, 1.807) is 49.4 Å². The number of nitrogens with zero attached hydrogens (tertiary/aromatic N) is 1. The second-order valence-corrected chi connectivity index (χ2v) is 8.22. The summed E-state index contributed by atoms with van der Waals surface area (Å²) in [7, 11) is 0. The maximum Gasteiger partial charge on any atom is 0.306 e. The van der Waals surface area contributed by atoms with E-state index in [2.05, 4.69) is 10.6 Å². The molecule has 0 atom stereocenters. The van der Waals surface area contributed by atoms with Gasteiger partial charge in [-0.1, -0.05) is 30.3 Å².